The Labute approximate surface area is 167 Å². The first-order valence-corrected chi connectivity index (χ1v) is 7.89. The smallest absolute Gasteiger partial charge is 0.320 e. The highest BCUT2D eigenvalue weighted by molar-refractivity contribution is 6.42. The molecule has 2 rings (SSSR count). The predicted molar refractivity (Wildman–Crippen MR) is 78.7 cm³/mol. The van der Waals surface area contributed by atoms with Gasteiger partial charge in [0.25, 0.3) is 5.91 Å². The van der Waals surface area contributed by atoms with Gasteiger partial charge in [0.1, 0.15) is 0 Å². The van der Waals surface area contributed by atoms with Crippen LogP contribution in [0.25, 0.3) is 0 Å². The second-order valence-electron chi connectivity index (χ2n) is 5.73. The molecule has 0 atom stereocenters. The van der Waals surface area contributed by atoms with Crippen LogP contribution < -0.4 is 5.32 Å². The summed E-state index contributed by atoms with van der Waals surface area (Å²) in [4.78, 5) is 11.8. The lowest BCUT2D eigenvalue weighted by Crippen LogP contribution is -2.86. The molecule has 1 saturated carbocycles. The predicted octanol–water partition coefficient (Wildman–Crippen LogP) is 6.48. The zero-order valence-electron chi connectivity index (χ0n) is 12.9. The number of hydrogen-bond donors (Lipinski definition) is 1. The van der Waals surface area contributed by atoms with E-state index < -0.39 is 56.9 Å². The summed E-state index contributed by atoms with van der Waals surface area (Å²) in [7, 11) is 0. The number of amides is 1. The molecule has 0 aliphatic heterocycles. The SMILES string of the molecule is O=C(Nc1c(Cl)cc(Cl)cc1Cl)C1(F)C(F)(F)C(F)(F)C(F)(F)C(F)(F)C1(F)F. The molecule has 0 saturated heterocycles. The minimum absolute atomic E-state index is 0.293. The van der Waals surface area contributed by atoms with E-state index in [1.165, 1.54) is 0 Å². The van der Waals surface area contributed by atoms with E-state index in [0.717, 1.165) is 5.32 Å². The Morgan fingerprint density at radius 1 is 0.655 bits per heavy atom. The average molecular weight is 505 g/mol. The van der Waals surface area contributed by atoms with Crippen molar-refractivity contribution in [2.24, 2.45) is 0 Å². The highest BCUT2D eigenvalue weighted by Gasteiger charge is 3.02. The highest BCUT2D eigenvalue weighted by atomic mass is 35.5. The third kappa shape index (κ3) is 2.65. The van der Waals surface area contributed by atoms with Crippen molar-refractivity contribution in [3.8, 4) is 0 Å². The monoisotopic (exact) mass is 503 g/mol. The summed E-state index contributed by atoms with van der Waals surface area (Å²) in [6.45, 7) is 0. The van der Waals surface area contributed by atoms with Crippen LogP contribution in [-0.4, -0.2) is 41.2 Å². The molecule has 2 nitrogen and oxygen atoms in total. The maximum atomic E-state index is 14.6. The van der Waals surface area contributed by atoms with Crippen LogP contribution in [0.15, 0.2) is 12.1 Å². The van der Waals surface area contributed by atoms with Gasteiger partial charge in [-0.05, 0) is 12.1 Å². The Morgan fingerprint density at radius 3 is 1.31 bits per heavy atom. The third-order valence-electron chi connectivity index (χ3n) is 4.00. The van der Waals surface area contributed by atoms with Gasteiger partial charge in [-0.15, -0.1) is 0 Å². The van der Waals surface area contributed by atoms with Gasteiger partial charge in [-0.2, -0.15) is 43.9 Å². The van der Waals surface area contributed by atoms with Gasteiger partial charge >= 0.3 is 35.3 Å². The molecule has 29 heavy (non-hydrogen) atoms. The number of carbonyl (C=O) groups excluding carboxylic acids is 1. The van der Waals surface area contributed by atoms with Crippen LogP contribution in [-0.2, 0) is 4.79 Å². The average Bonchev–Trinajstić information content (AvgIpc) is 2.55. The molecule has 1 N–H and O–H groups in total. The molecular formula is C13H3Cl3F11NO. The number of benzene rings is 1. The Balaban J connectivity index is 2.73. The van der Waals surface area contributed by atoms with Gasteiger partial charge in [0.15, 0.2) is 0 Å². The van der Waals surface area contributed by atoms with Crippen LogP contribution in [0.4, 0.5) is 54.0 Å². The maximum Gasteiger partial charge on any atom is 0.384 e. The number of carbonyl (C=O) groups is 1. The van der Waals surface area contributed by atoms with E-state index in [4.69, 9.17) is 34.8 Å². The number of hydrogen-bond acceptors (Lipinski definition) is 1. The van der Waals surface area contributed by atoms with Gasteiger partial charge in [-0.1, -0.05) is 34.8 Å². The van der Waals surface area contributed by atoms with Gasteiger partial charge < -0.3 is 5.32 Å². The molecule has 0 spiro atoms. The Bertz CT molecular complexity index is 821. The lowest BCUT2D eigenvalue weighted by Gasteiger charge is -2.51. The summed E-state index contributed by atoms with van der Waals surface area (Å²) in [5.41, 5.74) is -8.03. The largest absolute Gasteiger partial charge is 0.384 e. The van der Waals surface area contributed by atoms with E-state index in [2.05, 4.69) is 0 Å². The zero-order chi connectivity index (χ0) is 23.0. The van der Waals surface area contributed by atoms with Crippen molar-refractivity contribution in [3.05, 3.63) is 27.2 Å². The topological polar surface area (TPSA) is 29.1 Å². The fourth-order valence-electron chi connectivity index (χ4n) is 2.37. The van der Waals surface area contributed by atoms with E-state index >= 15 is 0 Å². The van der Waals surface area contributed by atoms with Gasteiger partial charge in [0, 0.05) is 5.02 Å². The molecule has 0 unspecified atom stereocenters. The number of alkyl halides is 11. The van der Waals surface area contributed by atoms with Gasteiger partial charge in [0.2, 0.25) is 0 Å². The summed E-state index contributed by atoms with van der Waals surface area (Å²) in [6.07, 6.45) is 0. The summed E-state index contributed by atoms with van der Waals surface area (Å²) in [5, 5.41) is -1.15. The highest BCUT2D eigenvalue weighted by Crippen LogP contribution is 2.69. The van der Waals surface area contributed by atoms with E-state index in [1.807, 2.05) is 0 Å². The molecule has 164 valence electrons. The Hall–Kier alpha value is -1.21. The van der Waals surface area contributed by atoms with Crippen LogP contribution in [0.3, 0.4) is 0 Å². The van der Waals surface area contributed by atoms with Gasteiger partial charge in [-0.25, -0.2) is 4.39 Å². The lowest BCUT2D eigenvalue weighted by molar-refractivity contribution is -0.475. The fourth-order valence-corrected chi connectivity index (χ4v) is 3.28. The number of rotatable bonds is 2. The molecule has 0 aromatic heterocycles. The molecule has 0 bridgehead atoms. The molecule has 1 aliphatic rings. The molecule has 1 aliphatic carbocycles. The first kappa shape index (κ1) is 24.1. The van der Waals surface area contributed by atoms with Crippen molar-refractivity contribution in [1.29, 1.82) is 0 Å². The van der Waals surface area contributed by atoms with Crippen LogP contribution in [0, 0.1) is 0 Å². The summed E-state index contributed by atoms with van der Waals surface area (Å²) in [6, 6.07) is 1.37. The normalized spacial score (nSPS) is 25.3. The molecule has 1 aromatic carbocycles. The number of halogens is 14. The van der Waals surface area contributed by atoms with Crippen LogP contribution in [0.1, 0.15) is 0 Å². The lowest BCUT2D eigenvalue weighted by atomic mass is 9.71. The standard InChI is InChI=1S/C13H3Cl3F11NO/c14-3-1-4(15)6(5(16)2-3)28-7(29)8(17)9(18,19)11(22,23)13(26,27)12(24,25)10(8,20)21/h1-2H,(H,28,29). The third-order valence-corrected chi connectivity index (χ3v) is 4.82. The molecule has 0 radical (unpaired) electrons. The fraction of sp³-hybridized carbons (Fsp3) is 0.462. The zero-order valence-corrected chi connectivity index (χ0v) is 15.1. The van der Waals surface area contributed by atoms with Crippen LogP contribution in [0.2, 0.25) is 15.1 Å². The van der Waals surface area contributed by atoms with E-state index in [1.54, 1.807) is 0 Å². The minimum atomic E-state index is -7.43. The summed E-state index contributed by atoms with van der Waals surface area (Å²) in [5.74, 6) is -40.4. The van der Waals surface area contributed by atoms with Crippen LogP contribution >= 0.6 is 34.8 Å². The van der Waals surface area contributed by atoms with E-state index in [0.29, 0.717) is 12.1 Å². The molecule has 1 aromatic rings. The van der Waals surface area contributed by atoms with Gasteiger partial charge in [0.05, 0.1) is 15.7 Å². The maximum absolute atomic E-state index is 14.6. The van der Waals surface area contributed by atoms with Crippen molar-refractivity contribution in [2.45, 2.75) is 35.3 Å². The molecular weight excluding hydrogens is 501 g/mol. The van der Waals surface area contributed by atoms with E-state index in [-0.39, 0.29) is 5.02 Å². The van der Waals surface area contributed by atoms with E-state index in [9.17, 15) is 53.1 Å². The Morgan fingerprint density at radius 2 is 0.966 bits per heavy atom. The first-order valence-electron chi connectivity index (χ1n) is 6.75. The second-order valence-corrected chi connectivity index (χ2v) is 6.98. The van der Waals surface area contributed by atoms with Gasteiger partial charge in [-0.3, -0.25) is 4.79 Å². The van der Waals surface area contributed by atoms with Crippen molar-refractivity contribution in [2.75, 3.05) is 5.32 Å². The van der Waals surface area contributed by atoms with Crippen molar-refractivity contribution >= 4 is 46.4 Å². The molecule has 16 heteroatoms. The van der Waals surface area contributed by atoms with Crippen molar-refractivity contribution < 1.29 is 53.1 Å². The second kappa shape index (κ2) is 6.39. The summed E-state index contributed by atoms with van der Waals surface area (Å²) < 4.78 is 150. The summed E-state index contributed by atoms with van der Waals surface area (Å²) >= 11 is 16.4. The van der Waals surface area contributed by atoms with Crippen LogP contribution in [0.5, 0.6) is 0 Å². The number of anilines is 1. The first-order chi connectivity index (χ1) is 12.7. The molecule has 1 fully saturated rings. The molecule has 1 amide bonds. The minimum Gasteiger partial charge on any atom is -0.320 e. The van der Waals surface area contributed by atoms with Crippen molar-refractivity contribution in [1.82, 2.24) is 0 Å². The molecule has 0 heterocycles. The Kier molecular flexibility index (Phi) is 5.31. The number of nitrogens with one attached hydrogen (secondary N) is 1. The van der Waals surface area contributed by atoms with Crippen molar-refractivity contribution in [3.63, 3.8) is 0 Å². The quantitative estimate of drug-likeness (QED) is 0.459.